The van der Waals surface area contributed by atoms with Crippen LogP contribution in [0, 0.1) is 0 Å². The number of carbonyl (C=O) groups is 2. The van der Waals surface area contributed by atoms with E-state index >= 15 is 0 Å². The fourth-order valence-electron chi connectivity index (χ4n) is 4.27. The summed E-state index contributed by atoms with van der Waals surface area (Å²) in [6.07, 6.45) is 0. The molecule has 0 aromatic heterocycles. The zero-order valence-electron chi connectivity index (χ0n) is 17.1. The highest BCUT2D eigenvalue weighted by atomic mass is 35.5. The van der Waals surface area contributed by atoms with Crippen molar-refractivity contribution in [1.82, 2.24) is 0 Å². The van der Waals surface area contributed by atoms with Crippen molar-refractivity contribution in [2.45, 2.75) is 6.54 Å². The van der Waals surface area contributed by atoms with E-state index in [-0.39, 0.29) is 16.5 Å². The van der Waals surface area contributed by atoms with Gasteiger partial charge in [-0.2, -0.15) is 0 Å². The molecule has 0 saturated heterocycles. The fraction of sp³-hybridized carbons (Fsp3) is 0.0370. The van der Waals surface area contributed by atoms with Crippen molar-refractivity contribution >= 4 is 29.1 Å². The van der Waals surface area contributed by atoms with E-state index in [1.54, 1.807) is 11.0 Å². The van der Waals surface area contributed by atoms with Crippen molar-refractivity contribution in [3.05, 3.63) is 113 Å². The Morgan fingerprint density at radius 1 is 0.750 bits per heavy atom. The fourth-order valence-corrected chi connectivity index (χ4v) is 4.64. The molecule has 4 aromatic carbocycles. The first-order chi connectivity index (χ1) is 15.6. The molecule has 1 aliphatic heterocycles. The first-order valence-corrected chi connectivity index (χ1v) is 10.6. The normalized spacial score (nSPS) is 12.1. The van der Waals surface area contributed by atoms with E-state index in [0.29, 0.717) is 17.7 Å². The Labute approximate surface area is 190 Å². The van der Waals surface area contributed by atoms with E-state index in [4.69, 9.17) is 17.3 Å². The Balaban J connectivity index is 1.69. The quantitative estimate of drug-likeness (QED) is 0.430. The summed E-state index contributed by atoms with van der Waals surface area (Å²) in [5.74, 6) is -0.827. The van der Waals surface area contributed by atoms with Gasteiger partial charge in [0.2, 0.25) is 5.91 Å². The van der Waals surface area contributed by atoms with E-state index in [1.807, 2.05) is 72.8 Å². The molecule has 2 N–H and O–H groups in total. The molecule has 0 saturated carbocycles. The average molecular weight is 439 g/mol. The van der Waals surface area contributed by atoms with Crippen LogP contribution in [0.15, 0.2) is 91.0 Å². The zero-order chi connectivity index (χ0) is 22.2. The van der Waals surface area contributed by atoms with Gasteiger partial charge in [-0.25, -0.2) is 0 Å². The Kier molecular flexibility index (Phi) is 5.00. The first kappa shape index (κ1) is 20.0. The molecule has 32 heavy (non-hydrogen) atoms. The molecule has 0 unspecified atom stereocenters. The molecule has 5 heteroatoms. The van der Waals surface area contributed by atoms with E-state index in [0.717, 1.165) is 27.9 Å². The van der Waals surface area contributed by atoms with E-state index in [2.05, 4.69) is 6.07 Å². The zero-order valence-corrected chi connectivity index (χ0v) is 17.8. The standard InChI is InChI=1S/C27H19ClN2O2/c28-25-22(26(29)31)15-14-21(24(25)17-8-2-1-3-9-17)27(32)30-16-18-10-4-5-11-19(18)20-12-6-7-13-23(20)30/h1-15H,16H2,(H2,29,31). The number of nitrogens with zero attached hydrogens (tertiary/aromatic N) is 1. The molecule has 4 aromatic rings. The predicted molar refractivity (Wildman–Crippen MR) is 128 cm³/mol. The van der Waals surface area contributed by atoms with Crippen LogP contribution in [-0.2, 0) is 6.54 Å². The summed E-state index contributed by atoms with van der Waals surface area (Å²) in [5.41, 5.74) is 11.4. The van der Waals surface area contributed by atoms with Crippen molar-refractivity contribution < 1.29 is 9.59 Å². The summed E-state index contributed by atoms with van der Waals surface area (Å²) < 4.78 is 0. The Bertz CT molecular complexity index is 1370. The number of anilines is 1. The summed E-state index contributed by atoms with van der Waals surface area (Å²) in [6, 6.07) is 28.5. The van der Waals surface area contributed by atoms with Crippen LogP contribution in [0.25, 0.3) is 22.3 Å². The summed E-state index contributed by atoms with van der Waals surface area (Å²) in [6.45, 7) is 0.440. The lowest BCUT2D eigenvalue weighted by molar-refractivity contribution is 0.0979. The van der Waals surface area contributed by atoms with Gasteiger partial charge in [-0.15, -0.1) is 0 Å². The number of halogens is 1. The van der Waals surface area contributed by atoms with Gasteiger partial charge in [-0.1, -0.05) is 84.4 Å². The molecule has 1 heterocycles. The van der Waals surface area contributed by atoms with Gasteiger partial charge in [0.05, 0.1) is 22.8 Å². The van der Waals surface area contributed by atoms with Gasteiger partial charge >= 0.3 is 0 Å². The molecule has 0 fully saturated rings. The number of nitrogens with two attached hydrogens (primary N) is 1. The van der Waals surface area contributed by atoms with Crippen molar-refractivity contribution in [3.8, 4) is 22.3 Å². The van der Waals surface area contributed by atoms with Crippen LogP contribution >= 0.6 is 11.6 Å². The smallest absolute Gasteiger partial charge is 0.259 e. The highest BCUT2D eigenvalue weighted by molar-refractivity contribution is 6.37. The molecule has 2 amide bonds. The van der Waals surface area contributed by atoms with Crippen LogP contribution in [0.2, 0.25) is 5.02 Å². The lowest BCUT2D eigenvalue weighted by Gasteiger charge is -2.32. The maximum Gasteiger partial charge on any atom is 0.259 e. The van der Waals surface area contributed by atoms with Crippen LogP contribution in [0.1, 0.15) is 26.3 Å². The monoisotopic (exact) mass is 438 g/mol. The third-order valence-corrected chi connectivity index (χ3v) is 6.17. The topological polar surface area (TPSA) is 63.4 Å². The number of para-hydroxylation sites is 1. The predicted octanol–water partition coefficient (Wildman–Crippen LogP) is 5.93. The summed E-state index contributed by atoms with van der Waals surface area (Å²) in [7, 11) is 0. The van der Waals surface area contributed by atoms with Gasteiger partial charge in [0.15, 0.2) is 0 Å². The van der Waals surface area contributed by atoms with E-state index in [1.165, 1.54) is 6.07 Å². The lowest BCUT2D eigenvalue weighted by atomic mass is 9.91. The number of benzene rings is 4. The maximum absolute atomic E-state index is 14.0. The van der Waals surface area contributed by atoms with E-state index in [9.17, 15) is 9.59 Å². The number of hydrogen-bond donors (Lipinski definition) is 1. The molecular weight excluding hydrogens is 420 g/mol. The summed E-state index contributed by atoms with van der Waals surface area (Å²) >= 11 is 6.64. The molecule has 0 aliphatic carbocycles. The summed E-state index contributed by atoms with van der Waals surface area (Å²) in [5, 5.41) is 0.181. The molecular formula is C27H19ClN2O2. The minimum atomic E-state index is -0.636. The van der Waals surface area contributed by atoms with Crippen LogP contribution < -0.4 is 10.6 Å². The average Bonchev–Trinajstić information content (AvgIpc) is 2.83. The molecule has 156 valence electrons. The Morgan fingerprint density at radius 2 is 1.38 bits per heavy atom. The Hall–Kier alpha value is -3.89. The van der Waals surface area contributed by atoms with Gasteiger partial charge < -0.3 is 10.6 Å². The van der Waals surface area contributed by atoms with Crippen LogP contribution in [0.4, 0.5) is 5.69 Å². The number of rotatable bonds is 3. The number of hydrogen-bond acceptors (Lipinski definition) is 2. The molecule has 4 nitrogen and oxygen atoms in total. The minimum absolute atomic E-state index is 0.181. The summed E-state index contributed by atoms with van der Waals surface area (Å²) in [4.78, 5) is 27.6. The largest absolute Gasteiger partial charge is 0.366 e. The van der Waals surface area contributed by atoms with Crippen molar-refractivity contribution in [2.75, 3.05) is 4.90 Å². The molecule has 0 bridgehead atoms. The molecule has 0 atom stereocenters. The third-order valence-electron chi connectivity index (χ3n) is 5.78. The van der Waals surface area contributed by atoms with Crippen molar-refractivity contribution in [1.29, 1.82) is 0 Å². The van der Waals surface area contributed by atoms with Gasteiger partial charge in [-0.3, -0.25) is 9.59 Å². The van der Waals surface area contributed by atoms with Gasteiger partial charge in [0.1, 0.15) is 0 Å². The molecule has 0 spiro atoms. The van der Waals surface area contributed by atoms with Gasteiger partial charge in [0, 0.05) is 16.7 Å². The molecule has 0 radical (unpaired) electrons. The highest BCUT2D eigenvalue weighted by Crippen LogP contribution is 2.41. The number of fused-ring (bicyclic) bond motifs is 3. The minimum Gasteiger partial charge on any atom is -0.366 e. The van der Waals surface area contributed by atoms with Gasteiger partial charge in [-0.05, 0) is 34.9 Å². The Morgan fingerprint density at radius 3 is 2.12 bits per heavy atom. The van der Waals surface area contributed by atoms with Crippen LogP contribution in [0.3, 0.4) is 0 Å². The SMILES string of the molecule is NC(=O)c1ccc(C(=O)N2Cc3ccccc3-c3ccccc32)c(-c2ccccc2)c1Cl. The number of amides is 2. The number of carbonyl (C=O) groups excluding carboxylic acids is 2. The highest BCUT2D eigenvalue weighted by Gasteiger charge is 2.29. The second-order valence-electron chi connectivity index (χ2n) is 7.65. The second kappa shape index (κ2) is 7.98. The maximum atomic E-state index is 14.0. The first-order valence-electron chi connectivity index (χ1n) is 10.2. The third kappa shape index (κ3) is 3.26. The van der Waals surface area contributed by atoms with Gasteiger partial charge in [0.25, 0.3) is 5.91 Å². The van der Waals surface area contributed by atoms with Crippen LogP contribution in [-0.4, -0.2) is 11.8 Å². The van der Waals surface area contributed by atoms with Crippen molar-refractivity contribution in [3.63, 3.8) is 0 Å². The van der Waals surface area contributed by atoms with Crippen molar-refractivity contribution in [2.24, 2.45) is 5.73 Å². The lowest BCUT2D eigenvalue weighted by Crippen LogP contribution is -2.33. The number of primary amides is 1. The second-order valence-corrected chi connectivity index (χ2v) is 8.02. The van der Waals surface area contributed by atoms with E-state index < -0.39 is 5.91 Å². The molecule has 1 aliphatic rings. The molecule has 5 rings (SSSR count). The van der Waals surface area contributed by atoms with Crippen LogP contribution in [0.5, 0.6) is 0 Å².